The first kappa shape index (κ1) is 24.3. The van der Waals surface area contributed by atoms with Crippen LogP contribution in [0, 0.1) is 17.5 Å². The highest BCUT2D eigenvalue weighted by Gasteiger charge is 2.27. The first-order valence-electron chi connectivity index (χ1n) is 10.1. The Kier molecular flexibility index (Phi) is 7.01. The molecule has 11 heteroatoms. The van der Waals surface area contributed by atoms with E-state index < -0.39 is 37.9 Å². The summed E-state index contributed by atoms with van der Waals surface area (Å²) in [7, 11) is -4.51. The molecule has 0 spiro atoms. The van der Waals surface area contributed by atoms with Crippen molar-refractivity contribution in [2.24, 2.45) is 0 Å². The molecule has 5 nitrogen and oxygen atoms in total. The molecule has 0 saturated carbocycles. The Morgan fingerprint density at radius 3 is 2.38 bits per heavy atom. The fourth-order valence-corrected chi connectivity index (χ4v) is 6.24. The number of sulfone groups is 1. The van der Waals surface area contributed by atoms with Crippen LogP contribution in [0.15, 0.2) is 53.6 Å². The summed E-state index contributed by atoms with van der Waals surface area (Å²) in [6, 6.07) is 8.55. The van der Waals surface area contributed by atoms with Crippen LogP contribution in [0.1, 0.15) is 23.9 Å². The fraction of sp³-hybridized carbons (Fsp3) is 0.174. The van der Waals surface area contributed by atoms with Gasteiger partial charge in [-0.1, -0.05) is 25.1 Å². The molecule has 0 aliphatic carbocycles. The topological polar surface area (TPSA) is 72.8 Å². The van der Waals surface area contributed by atoms with Gasteiger partial charge in [0.1, 0.15) is 22.3 Å². The molecule has 0 aliphatic rings. The average molecular weight is 524 g/mol. The lowest BCUT2D eigenvalue weighted by Crippen LogP contribution is -2.11. The van der Waals surface area contributed by atoms with Crippen molar-refractivity contribution < 1.29 is 21.6 Å². The maximum atomic E-state index is 15.6. The molecule has 2 aromatic carbocycles. The summed E-state index contributed by atoms with van der Waals surface area (Å²) in [5.41, 5.74) is 0.527. The number of halogens is 4. The summed E-state index contributed by atoms with van der Waals surface area (Å²) < 4.78 is 69.4. The van der Waals surface area contributed by atoms with Gasteiger partial charge in [-0.15, -0.1) is 11.3 Å². The van der Waals surface area contributed by atoms with Crippen LogP contribution in [-0.4, -0.2) is 23.4 Å². The first-order valence-corrected chi connectivity index (χ1v) is 13.0. The molecule has 0 saturated heterocycles. The van der Waals surface area contributed by atoms with Crippen molar-refractivity contribution in [2.45, 2.75) is 30.4 Å². The predicted octanol–water partition coefficient (Wildman–Crippen LogP) is 6.26. The van der Waals surface area contributed by atoms with E-state index in [9.17, 15) is 17.2 Å². The highest BCUT2D eigenvalue weighted by molar-refractivity contribution is 7.90. The number of benzene rings is 2. The lowest BCUT2D eigenvalue weighted by Gasteiger charge is -2.10. The number of rotatable bonds is 7. The van der Waals surface area contributed by atoms with Crippen molar-refractivity contribution in [1.29, 1.82) is 0 Å². The SMILES string of the molecule is CCCc1nc(-c2cccc(CS(=O)(=O)c3c(F)cccc3F)c2F)c(-c2ccnc(Cl)n2)s1. The Balaban J connectivity index is 1.81. The summed E-state index contributed by atoms with van der Waals surface area (Å²) in [6.07, 6.45) is 2.93. The minimum absolute atomic E-state index is 0.0149. The summed E-state index contributed by atoms with van der Waals surface area (Å²) in [5, 5.41) is 0.759. The first-order chi connectivity index (χ1) is 16.2. The van der Waals surface area contributed by atoms with E-state index in [0.29, 0.717) is 17.0 Å². The number of nitrogens with zero attached hydrogens (tertiary/aromatic N) is 3. The smallest absolute Gasteiger partial charge is 0.222 e. The van der Waals surface area contributed by atoms with E-state index in [1.807, 2.05) is 6.92 Å². The second-order valence-electron chi connectivity index (χ2n) is 7.33. The molecule has 34 heavy (non-hydrogen) atoms. The summed E-state index contributed by atoms with van der Waals surface area (Å²) in [5.74, 6) is -4.24. The van der Waals surface area contributed by atoms with Crippen molar-refractivity contribution in [3.63, 3.8) is 0 Å². The number of aryl methyl sites for hydroxylation is 1. The minimum Gasteiger partial charge on any atom is -0.240 e. The van der Waals surface area contributed by atoms with Gasteiger partial charge in [0, 0.05) is 17.3 Å². The highest BCUT2D eigenvalue weighted by atomic mass is 35.5. The van der Waals surface area contributed by atoms with E-state index in [4.69, 9.17) is 11.6 Å². The zero-order valence-electron chi connectivity index (χ0n) is 17.7. The molecule has 0 amide bonds. The minimum atomic E-state index is -4.51. The van der Waals surface area contributed by atoms with Crippen LogP contribution in [0.25, 0.3) is 21.8 Å². The van der Waals surface area contributed by atoms with Gasteiger partial charge in [-0.3, -0.25) is 0 Å². The van der Waals surface area contributed by atoms with Gasteiger partial charge in [-0.25, -0.2) is 36.5 Å². The van der Waals surface area contributed by atoms with E-state index >= 15 is 4.39 Å². The van der Waals surface area contributed by atoms with Crippen LogP contribution in [0.4, 0.5) is 13.2 Å². The molecule has 2 aromatic heterocycles. The molecule has 176 valence electrons. The zero-order valence-corrected chi connectivity index (χ0v) is 20.1. The Labute approximate surface area is 203 Å². The predicted molar refractivity (Wildman–Crippen MR) is 125 cm³/mol. The monoisotopic (exact) mass is 523 g/mol. The van der Waals surface area contributed by atoms with E-state index in [-0.39, 0.29) is 22.1 Å². The van der Waals surface area contributed by atoms with Gasteiger partial charge < -0.3 is 0 Å². The van der Waals surface area contributed by atoms with Gasteiger partial charge in [0.25, 0.3) is 0 Å². The number of aromatic nitrogens is 3. The lowest BCUT2D eigenvalue weighted by molar-refractivity contribution is 0.518. The van der Waals surface area contributed by atoms with Crippen molar-refractivity contribution in [2.75, 3.05) is 0 Å². The fourth-order valence-electron chi connectivity index (χ4n) is 3.43. The molecule has 0 aliphatic heterocycles. The Morgan fingerprint density at radius 2 is 1.71 bits per heavy atom. The van der Waals surface area contributed by atoms with Crippen molar-refractivity contribution in [3.05, 3.63) is 82.0 Å². The number of thiazole rings is 1. The summed E-state index contributed by atoms with van der Waals surface area (Å²) >= 11 is 7.26. The van der Waals surface area contributed by atoms with Gasteiger partial charge in [0.2, 0.25) is 5.28 Å². The third-order valence-electron chi connectivity index (χ3n) is 4.90. The Hall–Kier alpha value is -2.82. The van der Waals surface area contributed by atoms with Crippen LogP contribution in [-0.2, 0) is 22.0 Å². The van der Waals surface area contributed by atoms with Crippen LogP contribution in [0.5, 0.6) is 0 Å². The van der Waals surface area contributed by atoms with Crippen LogP contribution >= 0.6 is 22.9 Å². The molecule has 0 unspecified atom stereocenters. The van der Waals surface area contributed by atoms with Crippen LogP contribution in [0.2, 0.25) is 5.28 Å². The summed E-state index contributed by atoms with van der Waals surface area (Å²) in [4.78, 5) is 12.1. The molecule has 4 aromatic rings. The van der Waals surface area contributed by atoms with Crippen LogP contribution < -0.4 is 0 Å². The van der Waals surface area contributed by atoms with E-state index in [2.05, 4.69) is 15.0 Å². The third-order valence-corrected chi connectivity index (χ3v) is 7.93. The standard InChI is InChI=1S/C23H17ClF3N3O2S2/c1-2-5-18-30-20(21(33-18)17-10-11-28-23(24)29-17)14-7-3-6-13(19(14)27)12-34(31,32)22-15(25)8-4-9-16(22)26/h3-4,6-11H,2,5,12H2,1H3. The van der Waals surface area contributed by atoms with Crippen molar-refractivity contribution in [1.82, 2.24) is 15.0 Å². The molecule has 0 fully saturated rings. The van der Waals surface area contributed by atoms with E-state index in [1.54, 1.807) is 6.07 Å². The van der Waals surface area contributed by atoms with Crippen LogP contribution in [0.3, 0.4) is 0 Å². The molecule has 4 rings (SSSR count). The van der Waals surface area contributed by atoms with Gasteiger partial charge >= 0.3 is 0 Å². The lowest BCUT2D eigenvalue weighted by atomic mass is 10.1. The van der Waals surface area contributed by atoms with Crippen molar-refractivity contribution >= 4 is 32.8 Å². The second kappa shape index (κ2) is 9.81. The van der Waals surface area contributed by atoms with E-state index in [1.165, 1.54) is 35.7 Å². The summed E-state index contributed by atoms with van der Waals surface area (Å²) in [6.45, 7) is 1.98. The van der Waals surface area contributed by atoms with E-state index in [0.717, 1.165) is 29.6 Å². The van der Waals surface area contributed by atoms with Crippen molar-refractivity contribution in [3.8, 4) is 21.8 Å². The number of hydrogen-bond donors (Lipinski definition) is 0. The highest BCUT2D eigenvalue weighted by Crippen LogP contribution is 2.38. The maximum Gasteiger partial charge on any atom is 0.222 e. The van der Waals surface area contributed by atoms with Gasteiger partial charge in [0.15, 0.2) is 9.84 Å². The molecule has 0 atom stereocenters. The molecule has 2 heterocycles. The molecule has 0 N–H and O–H groups in total. The second-order valence-corrected chi connectivity index (χ2v) is 10.7. The van der Waals surface area contributed by atoms with Gasteiger partial charge in [-0.05, 0) is 48.7 Å². The zero-order chi connectivity index (χ0) is 24.5. The Morgan fingerprint density at radius 1 is 1.00 bits per heavy atom. The maximum absolute atomic E-state index is 15.6. The molecule has 0 bridgehead atoms. The molecule has 0 radical (unpaired) electrons. The molecular weight excluding hydrogens is 507 g/mol. The third kappa shape index (κ3) is 4.84. The number of hydrogen-bond acceptors (Lipinski definition) is 6. The average Bonchev–Trinajstić information content (AvgIpc) is 3.19. The van der Waals surface area contributed by atoms with Gasteiger partial charge in [-0.2, -0.15) is 0 Å². The largest absolute Gasteiger partial charge is 0.240 e. The Bertz CT molecular complexity index is 1460. The molecular formula is C23H17ClF3N3O2S2. The quantitative estimate of drug-likeness (QED) is 0.267. The van der Waals surface area contributed by atoms with Gasteiger partial charge in [0.05, 0.1) is 27.0 Å². The normalized spacial score (nSPS) is 11.7.